The third-order valence-corrected chi connectivity index (χ3v) is 5.34. The lowest BCUT2D eigenvalue weighted by Gasteiger charge is -2.16. The molecule has 6 heteroatoms. The van der Waals surface area contributed by atoms with Gasteiger partial charge >= 0.3 is 6.18 Å². The van der Waals surface area contributed by atoms with Gasteiger partial charge in [0.25, 0.3) is 0 Å². The Labute approximate surface area is 145 Å². The van der Waals surface area contributed by atoms with Crippen molar-refractivity contribution < 1.29 is 13.2 Å². The molecule has 0 amide bonds. The van der Waals surface area contributed by atoms with E-state index in [-0.39, 0.29) is 0 Å². The van der Waals surface area contributed by atoms with Crippen molar-refractivity contribution in [3.63, 3.8) is 0 Å². The van der Waals surface area contributed by atoms with Crippen molar-refractivity contribution in [2.24, 2.45) is 0 Å². The summed E-state index contributed by atoms with van der Waals surface area (Å²) in [6.45, 7) is 1.79. The fraction of sp³-hybridized carbons (Fsp3) is 0.526. The van der Waals surface area contributed by atoms with Crippen molar-refractivity contribution in [1.29, 1.82) is 0 Å². The van der Waals surface area contributed by atoms with E-state index in [0.717, 1.165) is 55.7 Å². The van der Waals surface area contributed by atoms with Crippen LogP contribution in [0.25, 0.3) is 11.3 Å². The van der Waals surface area contributed by atoms with Gasteiger partial charge in [-0.2, -0.15) is 18.3 Å². The Morgan fingerprint density at radius 1 is 1.00 bits per heavy atom. The molecule has 2 aromatic rings. The molecule has 1 aromatic heterocycles. The molecule has 1 aromatic carbocycles. The molecular weight excluding hydrogens is 327 g/mol. The van der Waals surface area contributed by atoms with Gasteiger partial charge in [0, 0.05) is 24.1 Å². The van der Waals surface area contributed by atoms with E-state index in [4.69, 9.17) is 5.10 Å². The van der Waals surface area contributed by atoms with Crippen LogP contribution in [-0.4, -0.2) is 22.9 Å². The number of rotatable bonds is 2. The van der Waals surface area contributed by atoms with Crippen molar-refractivity contribution in [1.82, 2.24) is 15.1 Å². The van der Waals surface area contributed by atoms with Gasteiger partial charge in [-0.1, -0.05) is 25.0 Å². The zero-order valence-electron chi connectivity index (χ0n) is 14.1. The number of benzene rings is 1. The summed E-state index contributed by atoms with van der Waals surface area (Å²) in [6.07, 6.45) is 2.05. The summed E-state index contributed by atoms with van der Waals surface area (Å²) in [7, 11) is 0. The number of nitrogens with zero attached hydrogens (tertiary/aromatic N) is 2. The topological polar surface area (TPSA) is 29.9 Å². The van der Waals surface area contributed by atoms with Crippen LogP contribution in [0.1, 0.15) is 48.5 Å². The van der Waals surface area contributed by atoms with Gasteiger partial charge in [0.1, 0.15) is 0 Å². The van der Waals surface area contributed by atoms with E-state index in [9.17, 15) is 13.2 Å². The first-order valence-electron chi connectivity index (χ1n) is 9.02. The Balaban J connectivity index is 1.80. The molecule has 0 radical (unpaired) electrons. The average Bonchev–Trinajstić information content (AvgIpc) is 3.17. The molecule has 4 rings (SSSR count). The lowest BCUT2D eigenvalue weighted by Crippen LogP contribution is -2.18. The van der Waals surface area contributed by atoms with Gasteiger partial charge in [0.2, 0.25) is 0 Å². The second-order valence-electron chi connectivity index (χ2n) is 6.98. The number of nitrogens with one attached hydrogen (secondary N) is 1. The third kappa shape index (κ3) is 3.19. The van der Waals surface area contributed by atoms with Gasteiger partial charge in [-0.15, -0.1) is 0 Å². The zero-order chi connectivity index (χ0) is 17.4. The summed E-state index contributed by atoms with van der Waals surface area (Å²) < 4.78 is 40.8. The molecule has 0 atom stereocenters. The van der Waals surface area contributed by atoms with Gasteiger partial charge in [-0.3, -0.25) is 4.68 Å². The number of halogens is 3. The fourth-order valence-corrected chi connectivity index (χ4v) is 4.06. The summed E-state index contributed by atoms with van der Waals surface area (Å²) in [6, 6.07) is 5.94. The van der Waals surface area contributed by atoms with Crippen LogP contribution in [0.2, 0.25) is 0 Å². The molecule has 25 heavy (non-hydrogen) atoms. The lowest BCUT2D eigenvalue weighted by atomic mass is 10.0. The van der Waals surface area contributed by atoms with E-state index in [2.05, 4.69) is 10.00 Å². The highest BCUT2D eigenvalue weighted by Gasteiger charge is 2.31. The first kappa shape index (κ1) is 16.6. The van der Waals surface area contributed by atoms with Crippen molar-refractivity contribution in [3.8, 4) is 11.3 Å². The second kappa shape index (κ2) is 6.48. The quantitative estimate of drug-likeness (QED) is 0.872. The minimum atomic E-state index is -4.30. The van der Waals surface area contributed by atoms with E-state index >= 15 is 0 Å². The van der Waals surface area contributed by atoms with Crippen molar-refractivity contribution in [2.45, 2.75) is 50.7 Å². The Bertz CT molecular complexity index is 741. The number of hydrogen-bond acceptors (Lipinski definition) is 2. The molecule has 1 fully saturated rings. The van der Waals surface area contributed by atoms with Gasteiger partial charge in [-0.25, -0.2) is 0 Å². The van der Waals surface area contributed by atoms with Crippen LogP contribution < -0.4 is 5.32 Å². The van der Waals surface area contributed by atoms with Crippen LogP contribution in [0.5, 0.6) is 0 Å². The van der Waals surface area contributed by atoms with Gasteiger partial charge in [0.05, 0.1) is 23.0 Å². The predicted octanol–water partition coefficient (Wildman–Crippen LogP) is 4.37. The number of alkyl halides is 3. The van der Waals surface area contributed by atoms with Gasteiger partial charge in [-0.05, 0) is 37.9 Å². The maximum absolute atomic E-state index is 12.9. The molecule has 1 saturated carbocycles. The fourth-order valence-electron chi connectivity index (χ4n) is 4.06. The van der Waals surface area contributed by atoms with Crippen molar-refractivity contribution in [2.75, 3.05) is 13.1 Å². The molecule has 3 nitrogen and oxygen atoms in total. The molecule has 2 aliphatic rings. The SMILES string of the molecule is FC(F)(F)c1ccc(-c2c3c(nn2C2CCCC2)CCNCC3)cc1. The molecule has 2 heterocycles. The monoisotopic (exact) mass is 349 g/mol. The normalized spacial score (nSPS) is 19.0. The highest BCUT2D eigenvalue weighted by molar-refractivity contribution is 5.66. The third-order valence-electron chi connectivity index (χ3n) is 5.34. The minimum absolute atomic E-state index is 0.372. The number of hydrogen-bond donors (Lipinski definition) is 1. The first-order valence-corrected chi connectivity index (χ1v) is 9.02. The Hall–Kier alpha value is -1.82. The molecule has 0 saturated heterocycles. The molecule has 1 N–H and O–H groups in total. The van der Waals surface area contributed by atoms with Crippen LogP contribution >= 0.6 is 0 Å². The molecule has 0 bridgehead atoms. The van der Waals surface area contributed by atoms with Crippen LogP contribution in [-0.2, 0) is 19.0 Å². The summed E-state index contributed by atoms with van der Waals surface area (Å²) >= 11 is 0. The van der Waals surface area contributed by atoms with Crippen molar-refractivity contribution in [3.05, 3.63) is 41.1 Å². The van der Waals surface area contributed by atoms with E-state index < -0.39 is 11.7 Å². The maximum Gasteiger partial charge on any atom is 0.416 e. The van der Waals surface area contributed by atoms with Gasteiger partial charge in [0.15, 0.2) is 0 Å². The average molecular weight is 349 g/mol. The molecule has 0 unspecified atom stereocenters. The summed E-state index contributed by atoms with van der Waals surface area (Å²) in [4.78, 5) is 0. The minimum Gasteiger partial charge on any atom is -0.316 e. The van der Waals surface area contributed by atoms with Crippen LogP contribution in [0.3, 0.4) is 0 Å². The summed E-state index contributed by atoms with van der Waals surface area (Å²) in [5.41, 5.74) is 3.58. The summed E-state index contributed by atoms with van der Waals surface area (Å²) in [5.74, 6) is 0. The molecule has 1 aliphatic carbocycles. The largest absolute Gasteiger partial charge is 0.416 e. The Kier molecular flexibility index (Phi) is 4.31. The zero-order valence-corrected chi connectivity index (χ0v) is 14.1. The Morgan fingerprint density at radius 2 is 1.68 bits per heavy atom. The Morgan fingerprint density at radius 3 is 2.36 bits per heavy atom. The van der Waals surface area contributed by atoms with Crippen LogP contribution in [0.4, 0.5) is 13.2 Å². The highest BCUT2D eigenvalue weighted by atomic mass is 19.4. The number of fused-ring (bicyclic) bond motifs is 1. The maximum atomic E-state index is 12.9. The highest BCUT2D eigenvalue weighted by Crippen LogP contribution is 2.38. The lowest BCUT2D eigenvalue weighted by molar-refractivity contribution is -0.137. The van der Waals surface area contributed by atoms with E-state index in [1.54, 1.807) is 12.1 Å². The smallest absolute Gasteiger partial charge is 0.316 e. The van der Waals surface area contributed by atoms with Gasteiger partial charge < -0.3 is 5.32 Å². The van der Waals surface area contributed by atoms with Crippen molar-refractivity contribution >= 4 is 0 Å². The molecule has 1 aliphatic heterocycles. The van der Waals surface area contributed by atoms with Crippen LogP contribution in [0, 0.1) is 0 Å². The molecule has 134 valence electrons. The predicted molar refractivity (Wildman–Crippen MR) is 90.4 cm³/mol. The van der Waals surface area contributed by atoms with E-state index in [1.165, 1.54) is 30.5 Å². The number of aromatic nitrogens is 2. The summed E-state index contributed by atoms with van der Waals surface area (Å²) in [5, 5.41) is 8.27. The van der Waals surface area contributed by atoms with Crippen LogP contribution in [0.15, 0.2) is 24.3 Å². The van der Waals surface area contributed by atoms with E-state index in [0.29, 0.717) is 6.04 Å². The van der Waals surface area contributed by atoms with E-state index in [1.807, 2.05) is 0 Å². The second-order valence-corrected chi connectivity index (χ2v) is 6.98. The first-order chi connectivity index (χ1) is 12.0. The molecule has 0 spiro atoms. The molecular formula is C19H22F3N3. The standard InChI is InChI=1S/C19H22F3N3/c20-19(21,22)14-7-5-13(6-8-14)18-16-9-11-23-12-10-17(16)24-25(18)15-3-1-2-4-15/h5-8,15,23H,1-4,9-12H2.